The summed E-state index contributed by atoms with van der Waals surface area (Å²) in [5.41, 5.74) is 0.0201. The smallest absolute Gasteiger partial charge is 0.383 e. The molecule has 9 heteroatoms. The molecule has 2 aliphatic heterocycles. The van der Waals surface area contributed by atoms with Gasteiger partial charge in [0.25, 0.3) is 0 Å². The van der Waals surface area contributed by atoms with Crippen molar-refractivity contribution in [2.75, 3.05) is 39.4 Å². The molecule has 0 atom stereocenters. The first kappa shape index (κ1) is 21.7. The van der Waals surface area contributed by atoms with Gasteiger partial charge in [0.1, 0.15) is 10.6 Å². The Morgan fingerprint density at radius 1 is 1.00 bits per heavy atom. The molecule has 2 saturated heterocycles. The van der Waals surface area contributed by atoms with Gasteiger partial charge in [0.05, 0.1) is 31.0 Å². The van der Waals surface area contributed by atoms with Crippen LogP contribution in [0, 0.1) is 0 Å². The Bertz CT molecular complexity index is 827. The molecule has 1 aromatic heterocycles. The Morgan fingerprint density at radius 2 is 1.63 bits per heavy atom. The summed E-state index contributed by atoms with van der Waals surface area (Å²) in [4.78, 5) is 9.18. The summed E-state index contributed by atoms with van der Waals surface area (Å²) in [6.07, 6.45) is -3.18. The third-order valence-electron chi connectivity index (χ3n) is 5.86. The van der Waals surface area contributed by atoms with Gasteiger partial charge in [0.2, 0.25) is 0 Å². The van der Waals surface area contributed by atoms with Gasteiger partial charge in [-0.05, 0) is 30.5 Å². The molecule has 0 saturated carbocycles. The number of nitrogens with zero attached hydrogens (tertiary/aromatic N) is 3. The van der Waals surface area contributed by atoms with Crippen LogP contribution in [0.25, 0.3) is 0 Å². The lowest BCUT2D eigenvalue weighted by Crippen LogP contribution is -2.42. The van der Waals surface area contributed by atoms with Gasteiger partial charge in [-0.1, -0.05) is 12.1 Å². The summed E-state index contributed by atoms with van der Waals surface area (Å²) in [6, 6.07) is 5.31. The van der Waals surface area contributed by atoms with Crippen molar-refractivity contribution < 1.29 is 23.0 Å². The van der Waals surface area contributed by atoms with E-state index in [0.29, 0.717) is 32.5 Å². The molecule has 1 N–H and O–H groups in total. The minimum atomic E-state index is -4.31. The third-order valence-corrected chi connectivity index (χ3v) is 6.70. The van der Waals surface area contributed by atoms with Gasteiger partial charge >= 0.3 is 6.18 Å². The molecule has 0 radical (unpaired) electrons. The second-order valence-electron chi connectivity index (χ2n) is 8.02. The van der Waals surface area contributed by atoms with Crippen LogP contribution in [0.15, 0.2) is 29.6 Å². The van der Waals surface area contributed by atoms with Gasteiger partial charge in [-0.3, -0.25) is 9.80 Å². The standard InChI is InChI=1S/C21H26F3N3O2S/c22-21(23,24)17-3-1-16(2-4-17)13-26-7-5-20(28,6-8-26)18-15-30-19(25-18)14-27-9-11-29-12-10-27/h1-4,15,28H,5-14H2. The Balaban J connectivity index is 1.31. The van der Waals surface area contributed by atoms with Crippen LogP contribution in [-0.4, -0.2) is 59.3 Å². The highest BCUT2D eigenvalue weighted by molar-refractivity contribution is 7.09. The van der Waals surface area contributed by atoms with Crippen molar-refractivity contribution in [1.29, 1.82) is 0 Å². The maximum Gasteiger partial charge on any atom is 0.416 e. The number of rotatable bonds is 5. The molecule has 2 fully saturated rings. The number of thiazole rings is 1. The van der Waals surface area contributed by atoms with Crippen LogP contribution < -0.4 is 0 Å². The van der Waals surface area contributed by atoms with E-state index in [-0.39, 0.29) is 0 Å². The van der Waals surface area contributed by atoms with E-state index in [1.165, 1.54) is 12.1 Å². The minimum absolute atomic E-state index is 0.564. The fourth-order valence-corrected chi connectivity index (χ4v) is 4.87. The third kappa shape index (κ3) is 5.20. The predicted octanol–water partition coefficient (Wildman–Crippen LogP) is 3.48. The van der Waals surface area contributed by atoms with Crippen LogP contribution >= 0.6 is 11.3 Å². The second kappa shape index (κ2) is 8.92. The Kier molecular flexibility index (Phi) is 6.45. The van der Waals surface area contributed by atoms with Crippen molar-refractivity contribution in [3.8, 4) is 0 Å². The average molecular weight is 442 g/mol. The highest BCUT2D eigenvalue weighted by Crippen LogP contribution is 2.34. The number of aliphatic hydroxyl groups is 1. The van der Waals surface area contributed by atoms with Gasteiger partial charge in [-0.2, -0.15) is 13.2 Å². The topological polar surface area (TPSA) is 48.8 Å². The van der Waals surface area contributed by atoms with E-state index in [4.69, 9.17) is 9.72 Å². The van der Waals surface area contributed by atoms with Crippen LogP contribution in [0.3, 0.4) is 0 Å². The summed E-state index contributed by atoms with van der Waals surface area (Å²) in [6.45, 7) is 6.00. The number of likely N-dealkylation sites (tertiary alicyclic amines) is 1. The summed E-state index contributed by atoms with van der Waals surface area (Å²) in [5, 5.41) is 14.1. The van der Waals surface area contributed by atoms with Crippen LogP contribution in [0.1, 0.15) is 34.7 Å². The van der Waals surface area contributed by atoms with Gasteiger partial charge < -0.3 is 9.84 Å². The monoisotopic (exact) mass is 441 g/mol. The van der Waals surface area contributed by atoms with Crippen molar-refractivity contribution in [2.24, 2.45) is 0 Å². The van der Waals surface area contributed by atoms with Crippen molar-refractivity contribution in [1.82, 2.24) is 14.8 Å². The number of hydrogen-bond acceptors (Lipinski definition) is 6. The summed E-state index contributed by atoms with van der Waals surface area (Å²) in [7, 11) is 0. The quantitative estimate of drug-likeness (QED) is 0.770. The normalized spacial score (nSPS) is 21.1. The first-order valence-electron chi connectivity index (χ1n) is 10.2. The molecule has 4 rings (SSSR count). The Labute approximate surface area is 178 Å². The van der Waals surface area contributed by atoms with Gasteiger partial charge in [-0.15, -0.1) is 11.3 Å². The fraction of sp³-hybridized carbons (Fsp3) is 0.571. The van der Waals surface area contributed by atoms with Crippen molar-refractivity contribution in [3.63, 3.8) is 0 Å². The van der Waals surface area contributed by atoms with E-state index in [0.717, 1.165) is 61.2 Å². The zero-order valence-electron chi connectivity index (χ0n) is 16.7. The molecule has 0 spiro atoms. The zero-order valence-corrected chi connectivity index (χ0v) is 17.5. The predicted molar refractivity (Wildman–Crippen MR) is 108 cm³/mol. The number of piperidine rings is 1. The lowest BCUT2D eigenvalue weighted by atomic mass is 9.88. The van der Waals surface area contributed by atoms with Gasteiger partial charge in [0.15, 0.2) is 0 Å². The van der Waals surface area contributed by atoms with Crippen molar-refractivity contribution >= 4 is 11.3 Å². The van der Waals surface area contributed by atoms with Gasteiger partial charge in [0, 0.05) is 38.1 Å². The molecule has 5 nitrogen and oxygen atoms in total. The average Bonchev–Trinajstić information content (AvgIpc) is 3.20. The molecule has 0 unspecified atom stereocenters. The highest BCUT2D eigenvalue weighted by atomic mass is 32.1. The minimum Gasteiger partial charge on any atom is -0.383 e. The Hall–Kier alpha value is -1.52. The number of halogens is 3. The maximum atomic E-state index is 12.7. The molecule has 0 amide bonds. The van der Waals surface area contributed by atoms with E-state index >= 15 is 0 Å². The van der Waals surface area contributed by atoms with E-state index in [2.05, 4.69) is 9.80 Å². The number of ether oxygens (including phenoxy) is 1. The number of alkyl halides is 3. The van der Waals surface area contributed by atoms with Gasteiger partial charge in [-0.25, -0.2) is 4.98 Å². The lowest BCUT2D eigenvalue weighted by molar-refractivity contribution is -0.137. The van der Waals surface area contributed by atoms with Crippen molar-refractivity contribution in [2.45, 2.75) is 37.7 Å². The van der Waals surface area contributed by atoms with Crippen LogP contribution in [0.4, 0.5) is 13.2 Å². The maximum absolute atomic E-state index is 12.7. The number of hydrogen-bond donors (Lipinski definition) is 1. The molecule has 1 aromatic carbocycles. The molecule has 3 heterocycles. The van der Waals surface area contributed by atoms with Crippen LogP contribution in [0.2, 0.25) is 0 Å². The van der Waals surface area contributed by atoms with E-state index < -0.39 is 17.3 Å². The molecule has 0 bridgehead atoms. The number of morpholine rings is 1. The molecule has 164 valence electrons. The SMILES string of the molecule is OC1(c2csc(CN3CCOCC3)n2)CCN(Cc2ccc(C(F)(F)F)cc2)CC1. The zero-order chi connectivity index (χ0) is 21.2. The number of aromatic nitrogens is 1. The molecular weight excluding hydrogens is 415 g/mol. The lowest BCUT2D eigenvalue weighted by Gasteiger charge is -2.37. The Morgan fingerprint density at radius 3 is 2.27 bits per heavy atom. The van der Waals surface area contributed by atoms with Crippen LogP contribution in [0.5, 0.6) is 0 Å². The van der Waals surface area contributed by atoms with E-state index in [9.17, 15) is 18.3 Å². The van der Waals surface area contributed by atoms with Crippen molar-refractivity contribution in [3.05, 3.63) is 51.5 Å². The molecular formula is C21H26F3N3O2S. The first-order valence-corrected chi connectivity index (χ1v) is 11.1. The van der Waals surface area contributed by atoms with E-state index in [1.54, 1.807) is 11.3 Å². The molecule has 30 heavy (non-hydrogen) atoms. The summed E-state index contributed by atoms with van der Waals surface area (Å²) < 4.78 is 43.5. The fourth-order valence-electron chi connectivity index (χ4n) is 3.94. The summed E-state index contributed by atoms with van der Waals surface area (Å²) >= 11 is 1.58. The molecule has 0 aliphatic carbocycles. The second-order valence-corrected chi connectivity index (χ2v) is 8.96. The highest BCUT2D eigenvalue weighted by Gasteiger charge is 2.36. The van der Waals surface area contributed by atoms with Crippen LogP contribution in [-0.2, 0) is 29.6 Å². The molecule has 2 aliphatic rings. The first-order chi connectivity index (χ1) is 14.3. The largest absolute Gasteiger partial charge is 0.416 e. The number of benzene rings is 1. The molecule has 2 aromatic rings. The van der Waals surface area contributed by atoms with E-state index in [1.807, 2.05) is 5.38 Å². The summed E-state index contributed by atoms with van der Waals surface area (Å²) in [5.74, 6) is 0.